The highest BCUT2D eigenvalue weighted by Gasteiger charge is 2.54. The zero-order valence-corrected chi connectivity index (χ0v) is 81.8. The van der Waals surface area contributed by atoms with E-state index in [1.165, 1.54) is 168 Å². The normalized spacial score (nSPS) is 12.3. The van der Waals surface area contributed by atoms with Crippen molar-refractivity contribution in [1.82, 2.24) is 0 Å². The first kappa shape index (κ1) is 123. The number of hydrogen-bond acceptors (Lipinski definition) is 36. The zero-order chi connectivity index (χ0) is 100. The van der Waals surface area contributed by atoms with Crippen LogP contribution in [0.25, 0.3) is 0 Å². The van der Waals surface area contributed by atoms with Crippen LogP contribution in [0.15, 0.2) is 48.6 Å². The van der Waals surface area contributed by atoms with Gasteiger partial charge in [-0.1, -0.05) is 54.0 Å². The van der Waals surface area contributed by atoms with Gasteiger partial charge in [-0.2, -0.15) is 0 Å². The number of rotatable bonds is 50. The molecule has 0 aliphatic rings. The van der Waals surface area contributed by atoms with Gasteiger partial charge in [-0.3, -0.25) is 57.5 Å². The van der Waals surface area contributed by atoms with E-state index in [0.29, 0.717) is 25.7 Å². The maximum absolute atomic E-state index is 13.0. The monoisotopic (exact) mass is 1800 g/mol. The molecule has 0 spiro atoms. The molecule has 36 heteroatoms. The van der Waals surface area contributed by atoms with Crippen LogP contribution in [-0.4, -0.2) is 260 Å². The molecule has 724 valence electrons. The minimum absolute atomic E-state index is 0.0478. The van der Waals surface area contributed by atoms with Crippen molar-refractivity contribution in [3.63, 3.8) is 0 Å². The third-order valence-corrected chi connectivity index (χ3v) is 23.6. The second kappa shape index (κ2) is 52.0. The van der Waals surface area contributed by atoms with Crippen LogP contribution < -0.4 is 0 Å². The minimum atomic E-state index is -1.48. The van der Waals surface area contributed by atoms with Gasteiger partial charge in [-0.15, -0.1) is 0 Å². The van der Waals surface area contributed by atoms with E-state index in [1.54, 1.807) is 55.4 Å². The molecule has 0 fully saturated rings. The van der Waals surface area contributed by atoms with Gasteiger partial charge in [-0.05, 0) is 164 Å². The Bertz CT molecular complexity index is 3560. The zero-order valence-electron chi connectivity index (χ0n) is 81.8. The Kier molecular flexibility index (Phi) is 50.6. The van der Waals surface area contributed by atoms with E-state index in [4.69, 9.17) is 75.8 Å². The van der Waals surface area contributed by atoms with E-state index in [2.05, 4.69) is 45.3 Å². The average Bonchev–Trinajstić information content (AvgIpc) is 0.782. The molecule has 0 aliphatic carbocycles. The highest BCUT2D eigenvalue weighted by Crippen LogP contribution is 2.44. The van der Waals surface area contributed by atoms with Gasteiger partial charge >= 0.3 is 95.5 Å². The standard InChI is InChI=1S/C25H44O9.2C23H36O9.C19H32O9/c1-13-25(14-30-10,15-33-19(28)23(6,7)21(2,3)17(26)31-11)16-34-20(29)24(8,9)22(4,5)18(27)32-12;1-11-23(12-28-8,13-31-17(24)15(2)21(4,5)19(26)29-9)14-32-18(25)16(3)22(6,7)20(27)30-10;1-11-23(12-28-8,13-31-19(26)21(4,5)15(2)17(24)29-9)14-32-20(27)22(6,7)16(3)18(25)30-10;1-9-19(10-24-6,11-27-15(22)17(2,3)13(20)25-7)12-28-16(23)18(4,5)14(21)26-8/h13-16H2,1-12H3;2*2-3,11-14H2,1,4-10H3;9-12H2,1-8H3. The molecule has 0 rings (SSSR count). The summed E-state index contributed by atoms with van der Waals surface area (Å²) in [6, 6.07) is 0. The van der Waals surface area contributed by atoms with E-state index < -0.39 is 171 Å². The van der Waals surface area contributed by atoms with Crippen molar-refractivity contribution in [2.45, 2.75) is 192 Å². The molecule has 0 heterocycles. The fourth-order valence-corrected chi connectivity index (χ4v) is 10.4. The summed E-state index contributed by atoms with van der Waals surface area (Å²) in [7, 11) is 15.6. The highest BCUT2D eigenvalue weighted by atomic mass is 16.6. The van der Waals surface area contributed by atoms with Crippen molar-refractivity contribution in [2.75, 3.05) is 165 Å². The van der Waals surface area contributed by atoms with Gasteiger partial charge in [0.05, 0.1) is 148 Å². The van der Waals surface area contributed by atoms with E-state index in [1.807, 2.05) is 27.7 Å². The number of esters is 16. The Balaban J connectivity index is -0.000000789. The van der Waals surface area contributed by atoms with E-state index in [-0.39, 0.29) is 102 Å². The molecule has 0 aromatic heterocycles. The molecule has 0 bridgehead atoms. The van der Waals surface area contributed by atoms with Crippen LogP contribution in [0.3, 0.4) is 0 Å². The molecule has 0 aromatic carbocycles. The maximum Gasteiger partial charge on any atom is 0.334 e. The first-order valence-corrected chi connectivity index (χ1v) is 40.3. The van der Waals surface area contributed by atoms with Crippen LogP contribution in [-0.2, 0) is 171 Å². The Morgan fingerprint density at radius 2 is 0.333 bits per heavy atom. The van der Waals surface area contributed by atoms with E-state index in [0.717, 1.165) is 0 Å². The Hall–Kier alpha value is -9.68. The SMILES string of the molecule is C=C(C(=O)OC)C(C)(C)C(=O)OCC(CC)(COC)COC(=O)C(C)(C)C(=C)C(=O)OC.C=C(C(=O)OCC(CC)(COC)COC(=O)C(=C)C(C)(C)C(=O)OC)C(C)(C)C(=O)OC.CCC(COC)(COC(=O)C(C)(C)C(=O)OC)COC(=O)C(C)(C)C(=O)OC.CCC(COC)(COC(=O)C(C)(C)C(C)(C)C(=O)OC)COC(=O)C(C)(C)C(C)(C)C(=O)OC. The van der Waals surface area contributed by atoms with Gasteiger partial charge < -0.3 is 94.7 Å². The van der Waals surface area contributed by atoms with Gasteiger partial charge in [0.15, 0.2) is 10.8 Å². The first-order valence-electron chi connectivity index (χ1n) is 40.3. The average molecular weight is 1810 g/mol. The van der Waals surface area contributed by atoms with Crippen molar-refractivity contribution < 1.29 is 171 Å². The second-order valence-electron chi connectivity index (χ2n) is 35.9. The number of carbonyl (C=O) groups is 16. The minimum Gasteiger partial charge on any atom is -0.469 e. The summed E-state index contributed by atoms with van der Waals surface area (Å²) in [5.41, 5.74) is -16.4. The number of hydrogen-bond donors (Lipinski definition) is 0. The largest absolute Gasteiger partial charge is 0.469 e. The molecule has 36 nitrogen and oxygen atoms in total. The first-order chi connectivity index (χ1) is 57.5. The van der Waals surface area contributed by atoms with Crippen LogP contribution in [0.1, 0.15) is 192 Å². The fraction of sp³-hybridized carbons (Fsp3) is 0.733. The second-order valence-corrected chi connectivity index (χ2v) is 35.9. The molecular formula is C90H148O36. The van der Waals surface area contributed by atoms with Crippen LogP contribution in [0.4, 0.5) is 0 Å². The van der Waals surface area contributed by atoms with Gasteiger partial charge in [0.1, 0.15) is 52.9 Å². The molecular weight excluding hydrogens is 1660 g/mol. The Labute approximate surface area is 744 Å². The third-order valence-electron chi connectivity index (χ3n) is 23.6. The predicted octanol–water partition coefficient (Wildman–Crippen LogP) is 10.3. The van der Waals surface area contributed by atoms with Gasteiger partial charge in [0.25, 0.3) is 0 Å². The molecule has 126 heavy (non-hydrogen) atoms. The lowest BCUT2D eigenvalue weighted by molar-refractivity contribution is -0.183. The van der Waals surface area contributed by atoms with E-state index in [9.17, 15) is 76.7 Å². The summed E-state index contributed by atoms with van der Waals surface area (Å²) in [6.45, 7) is 51.9. The smallest absolute Gasteiger partial charge is 0.334 e. The molecule has 0 saturated heterocycles. The Morgan fingerprint density at radius 3 is 0.508 bits per heavy atom. The van der Waals surface area contributed by atoms with Crippen molar-refractivity contribution >= 4 is 95.5 Å². The molecule has 0 aliphatic heterocycles. The summed E-state index contributed by atoms with van der Waals surface area (Å²) in [5.74, 6) is -10.8. The topological polar surface area (TPSA) is 458 Å². The van der Waals surface area contributed by atoms with Gasteiger partial charge in [0.2, 0.25) is 0 Å². The number of carbonyl (C=O) groups excluding carboxylic acids is 16. The van der Waals surface area contributed by atoms with Crippen molar-refractivity contribution in [3.8, 4) is 0 Å². The maximum atomic E-state index is 13.0. The predicted molar refractivity (Wildman–Crippen MR) is 457 cm³/mol. The van der Waals surface area contributed by atoms with Crippen molar-refractivity contribution in [2.24, 2.45) is 75.8 Å². The molecule has 0 N–H and O–H groups in total. The van der Waals surface area contributed by atoms with Crippen LogP contribution in [0.2, 0.25) is 0 Å². The summed E-state index contributed by atoms with van der Waals surface area (Å²) in [4.78, 5) is 196. The number of ether oxygens (including phenoxy) is 20. The fourth-order valence-electron chi connectivity index (χ4n) is 10.4. The van der Waals surface area contributed by atoms with Gasteiger partial charge in [0, 0.05) is 50.7 Å². The number of methoxy groups -OCH3 is 12. The van der Waals surface area contributed by atoms with Crippen molar-refractivity contribution in [1.29, 1.82) is 0 Å². The summed E-state index contributed by atoms with van der Waals surface area (Å²) >= 11 is 0. The lowest BCUT2D eigenvalue weighted by Gasteiger charge is -2.39. The quantitative estimate of drug-likeness (QED) is 0.0236. The summed E-state index contributed by atoms with van der Waals surface area (Å²) in [5, 5.41) is 0. The summed E-state index contributed by atoms with van der Waals surface area (Å²) < 4.78 is 102. The summed E-state index contributed by atoms with van der Waals surface area (Å²) in [6.07, 6.45) is 1.79. The molecule has 0 saturated carbocycles. The molecule has 0 unspecified atom stereocenters. The lowest BCUT2D eigenvalue weighted by Crippen LogP contribution is -2.49. The van der Waals surface area contributed by atoms with E-state index >= 15 is 0 Å². The van der Waals surface area contributed by atoms with Crippen LogP contribution in [0, 0.1) is 75.8 Å². The molecule has 0 amide bonds. The Morgan fingerprint density at radius 1 is 0.183 bits per heavy atom. The van der Waals surface area contributed by atoms with Crippen LogP contribution >= 0.6 is 0 Å². The third kappa shape index (κ3) is 32.6. The van der Waals surface area contributed by atoms with Crippen LogP contribution in [0.5, 0.6) is 0 Å². The highest BCUT2D eigenvalue weighted by molar-refractivity contribution is 6.01. The van der Waals surface area contributed by atoms with Gasteiger partial charge in [-0.25, -0.2) is 19.2 Å². The van der Waals surface area contributed by atoms with Crippen molar-refractivity contribution in [3.05, 3.63) is 48.6 Å². The molecule has 0 aromatic rings. The molecule has 0 radical (unpaired) electrons. The molecule has 0 atom stereocenters. The lowest BCUT2D eigenvalue weighted by atomic mass is 9.68.